The van der Waals surface area contributed by atoms with Gasteiger partial charge in [-0.25, -0.2) is 0 Å². The minimum atomic E-state index is -4.49. The van der Waals surface area contributed by atoms with Crippen molar-refractivity contribution < 1.29 is 17.9 Å². The zero-order valence-corrected chi connectivity index (χ0v) is 19.1. The maximum absolute atomic E-state index is 13.8. The molecule has 0 aliphatic carbocycles. The Hall–Kier alpha value is -4.06. The van der Waals surface area contributed by atoms with Gasteiger partial charge in [0.25, 0.3) is 0 Å². The Morgan fingerprint density at radius 3 is 2.20 bits per heavy atom. The van der Waals surface area contributed by atoms with Crippen LogP contribution in [0.15, 0.2) is 97.1 Å². The first-order valence-corrected chi connectivity index (χ1v) is 11.3. The van der Waals surface area contributed by atoms with Crippen LogP contribution >= 0.6 is 0 Å². The molecule has 35 heavy (non-hydrogen) atoms. The lowest BCUT2D eigenvalue weighted by atomic mass is 9.99. The van der Waals surface area contributed by atoms with E-state index in [-0.39, 0.29) is 5.52 Å². The number of halogens is 3. The van der Waals surface area contributed by atoms with Crippen molar-refractivity contribution in [1.29, 1.82) is 0 Å². The summed E-state index contributed by atoms with van der Waals surface area (Å²) in [5, 5.41) is 4.95. The molecule has 0 aliphatic rings. The van der Waals surface area contributed by atoms with Gasteiger partial charge in [-0.3, -0.25) is 4.68 Å². The summed E-state index contributed by atoms with van der Waals surface area (Å²) in [6.45, 7) is 0.363. The fourth-order valence-electron chi connectivity index (χ4n) is 4.40. The van der Waals surface area contributed by atoms with Crippen LogP contribution in [0, 0.1) is 0 Å². The first-order valence-electron chi connectivity index (χ1n) is 11.3. The first-order chi connectivity index (χ1) is 16.9. The molecule has 0 saturated heterocycles. The second-order valence-electron chi connectivity index (χ2n) is 8.42. The van der Waals surface area contributed by atoms with Crippen LogP contribution in [0.3, 0.4) is 0 Å². The Bertz CT molecular complexity index is 1470. The van der Waals surface area contributed by atoms with Gasteiger partial charge in [0.05, 0.1) is 24.9 Å². The van der Waals surface area contributed by atoms with E-state index in [1.54, 1.807) is 17.9 Å². The van der Waals surface area contributed by atoms with Crippen molar-refractivity contribution in [2.45, 2.75) is 19.1 Å². The monoisotopic (exact) mass is 472 g/mol. The molecule has 176 valence electrons. The highest BCUT2D eigenvalue weighted by molar-refractivity contribution is 5.95. The molecular weight excluding hydrogens is 449 g/mol. The van der Waals surface area contributed by atoms with Gasteiger partial charge in [-0.2, -0.15) is 18.3 Å². The van der Waals surface area contributed by atoms with E-state index >= 15 is 0 Å². The van der Waals surface area contributed by atoms with Crippen LogP contribution in [0.25, 0.3) is 22.2 Å². The van der Waals surface area contributed by atoms with Crippen LogP contribution in [0.2, 0.25) is 0 Å². The molecule has 1 aromatic heterocycles. The van der Waals surface area contributed by atoms with Crippen LogP contribution in [-0.4, -0.2) is 16.9 Å². The normalized spacial score (nSPS) is 11.7. The van der Waals surface area contributed by atoms with Gasteiger partial charge in [0.15, 0.2) is 0 Å². The molecule has 0 N–H and O–H groups in total. The maximum Gasteiger partial charge on any atom is 0.418 e. The van der Waals surface area contributed by atoms with E-state index < -0.39 is 11.7 Å². The number of nitrogens with zero attached hydrogens (tertiary/aromatic N) is 2. The van der Waals surface area contributed by atoms with Crippen molar-refractivity contribution in [2.75, 3.05) is 7.11 Å². The molecule has 5 aromatic rings. The number of hydrogen-bond donors (Lipinski definition) is 0. The summed E-state index contributed by atoms with van der Waals surface area (Å²) in [4.78, 5) is 0. The number of alkyl halides is 3. The summed E-state index contributed by atoms with van der Waals surface area (Å²) < 4.78 is 48.4. The van der Waals surface area contributed by atoms with E-state index in [0.29, 0.717) is 24.0 Å². The third-order valence-corrected chi connectivity index (χ3v) is 5.99. The molecule has 6 heteroatoms. The molecule has 0 atom stereocenters. The lowest BCUT2D eigenvalue weighted by molar-refractivity contribution is -0.136. The van der Waals surface area contributed by atoms with Gasteiger partial charge in [-0.1, -0.05) is 72.8 Å². The Morgan fingerprint density at radius 2 is 1.46 bits per heavy atom. The highest BCUT2D eigenvalue weighted by Gasteiger charge is 2.34. The molecule has 0 radical (unpaired) electrons. The molecule has 0 unspecified atom stereocenters. The molecule has 0 amide bonds. The molecule has 0 bridgehead atoms. The van der Waals surface area contributed by atoms with Crippen LogP contribution in [-0.2, 0) is 19.1 Å². The van der Waals surface area contributed by atoms with Crippen LogP contribution in [0.1, 0.15) is 22.3 Å². The molecule has 4 aromatic carbocycles. The standard InChI is InChI=1S/C29H23F3N2O/c1-35-24-13-6-11-22(18-24)16-21-10-5-12-23(17-21)28-25-14-7-15-26(29(30,31)32)27(25)33-34(28)19-20-8-3-2-4-9-20/h2-15,17-18H,16,19H2,1H3. The zero-order valence-electron chi connectivity index (χ0n) is 19.1. The quantitative estimate of drug-likeness (QED) is 0.258. The smallest absolute Gasteiger partial charge is 0.418 e. The summed E-state index contributed by atoms with van der Waals surface area (Å²) in [6, 6.07) is 29.6. The van der Waals surface area contributed by atoms with Crippen LogP contribution in [0.5, 0.6) is 5.75 Å². The van der Waals surface area contributed by atoms with Gasteiger partial charge in [-0.15, -0.1) is 0 Å². The molecular formula is C29H23F3N2O. The zero-order chi connectivity index (χ0) is 24.4. The topological polar surface area (TPSA) is 27.1 Å². The SMILES string of the molecule is COc1cccc(Cc2cccc(-c3c4cccc(C(F)(F)F)c4nn3Cc3ccccc3)c2)c1. The Kier molecular flexibility index (Phi) is 6.03. The predicted molar refractivity (Wildman–Crippen MR) is 132 cm³/mol. The fourth-order valence-corrected chi connectivity index (χ4v) is 4.40. The fraction of sp³-hybridized carbons (Fsp3) is 0.138. The predicted octanol–water partition coefficient (Wildman–Crippen LogP) is 7.37. The average molecular weight is 473 g/mol. The second-order valence-corrected chi connectivity index (χ2v) is 8.42. The molecule has 5 rings (SSSR count). The third kappa shape index (κ3) is 4.78. The number of hydrogen-bond acceptors (Lipinski definition) is 2. The van der Waals surface area contributed by atoms with Gasteiger partial charge in [-0.05, 0) is 47.4 Å². The minimum absolute atomic E-state index is 0.0378. The number of fused-ring (bicyclic) bond motifs is 1. The van der Waals surface area contributed by atoms with E-state index in [9.17, 15) is 13.2 Å². The minimum Gasteiger partial charge on any atom is -0.497 e. The molecule has 0 aliphatic heterocycles. The van der Waals surface area contributed by atoms with Crippen molar-refractivity contribution in [3.63, 3.8) is 0 Å². The summed E-state index contributed by atoms with van der Waals surface area (Å²) >= 11 is 0. The van der Waals surface area contributed by atoms with Crippen molar-refractivity contribution in [3.05, 3.63) is 119 Å². The summed E-state index contributed by atoms with van der Waals surface area (Å²) in [5.41, 5.74) is 3.82. The van der Waals surface area contributed by atoms with E-state index in [2.05, 4.69) is 5.10 Å². The highest BCUT2D eigenvalue weighted by Crippen LogP contribution is 2.38. The molecule has 1 heterocycles. The van der Waals surface area contributed by atoms with E-state index in [1.807, 2.05) is 78.9 Å². The Morgan fingerprint density at radius 1 is 0.771 bits per heavy atom. The molecule has 0 spiro atoms. The Balaban J connectivity index is 1.63. The second kappa shape index (κ2) is 9.29. The van der Waals surface area contributed by atoms with Gasteiger partial charge < -0.3 is 4.74 Å². The van der Waals surface area contributed by atoms with Crippen molar-refractivity contribution in [1.82, 2.24) is 9.78 Å². The highest BCUT2D eigenvalue weighted by atomic mass is 19.4. The maximum atomic E-state index is 13.8. The number of aromatic nitrogens is 2. The van der Waals surface area contributed by atoms with Crippen molar-refractivity contribution >= 4 is 10.9 Å². The van der Waals surface area contributed by atoms with Crippen molar-refractivity contribution in [3.8, 4) is 17.0 Å². The van der Waals surface area contributed by atoms with Gasteiger partial charge >= 0.3 is 6.18 Å². The van der Waals surface area contributed by atoms with Crippen LogP contribution < -0.4 is 4.74 Å². The number of ether oxygens (including phenoxy) is 1. The lowest BCUT2D eigenvalue weighted by Gasteiger charge is -2.11. The largest absolute Gasteiger partial charge is 0.497 e. The number of benzene rings is 4. The van der Waals surface area contributed by atoms with Gasteiger partial charge in [0, 0.05) is 10.9 Å². The summed E-state index contributed by atoms with van der Waals surface area (Å²) in [6.07, 6.45) is -3.82. The summed E-state index contributed by atoms with van der Waals surface area (Å²) in [7, 11) is 1.63. The molecule has 3 nitrogen and oxygen atoms in total. The third-order valence-electron chi connectivity index (χ3n) is 5.99. The van der Waals surface area contributed by atoms with E-state index in [1.165, 1.54) is 6.07 Å². The average Bonchev–Trinajstić information content (AvgIpc) is 3.22. The number of methoxy groups -OCH3 is 1. The Labute approximate surface area is 201 Å². The lowest BCUT2D eigenvalue weighted by Crippen LogP contribution is -2.06. The number of rotatable bonds is 6. The summed E-state index contributed by atoms with van der Waals surface area (Å²) in [5.74, 6) is 0.783. The van der Waals surface area contributed by atoms with Gasteiger partial charge in [0.2, 0.25) is 0 Å². The molecule has 0 fully saturated rings. The van der Waals surface area contributed by atoms with Gasteiger partial charge in [0.1, 0.15) is 11.3 Å². The van der Waals surface area contributed by atoms with E-state index in [4.69, 9.17) is 4.74 Å². The van der Waals surface area contributed by atoms with E-state index in [0.717, 1.165) is 34.1 Å². The first kappa shape index (κ1) is 22.7. The van der Waals surface area contributed by atoms with Crippen LogP contribution in [0.4, 0.5) is 13.2 Å². The van der Waals surface area contributed by atoms with Crippen molar-refractivity contribution in [2.24, 2.45) is 0 Å². The molecule has 0 saturated carbocycles.